The molecule has 0 aromatic heterocycles. The zero-order chi connectivity index (χ0) is 14.3. The van der Waals surface area contributed by atoms with Crippen molar-refractivity contribution in [2.24, 2.45) is 0 Å². The summed E-state index contributed by atoms with van der Waals surface area (Å²) in [6, 6.07) is 7.53. The van der Waals surface area contributed by atoms with E-state index in [0.29, 0.717) is 12.8 Å². The van der Waals surface area contributed by atoms with Gasteiger partial charge in [0.25, 0.3) is 0 Å². The van der Waals surface area contributed by atoms with Crippen molar-refractivity contribution in [3.05, 3.63) is 69.8 Å². The largest absolute Gasteiger partial charge is 0.206 e. The standard InChI is InChI=1S/C16H12F4/c17-13-11-6-4-9-2-1-3-10(8-9)5-7-12(13)15(19)16(20)14(11)18/h1-3,8H,4-7H2. The first kappa shape index (κ1) is 13.2. The van der Waals surface area contributed by atoms with Gasteiger partial charge < -0.3 is 0 Å². The van der Waals surface area contributed by atoms with Crippen molar-refractivity contribution in [1.82, 2.24) is 0 Å². The van der Waals surface area contributed by atoms with E-state index in [1.54, 1.807) is 0 Å². The fourth-order valence-corrected chi connectivity index (χ4v) is 2.65. The number of hydrogen-bond acceptors (Lipinski definition) is 0. The maximum absolute atomic E-state index is 14.2. The molecule has 0 nitrogen and oxygen atoms in total. The highest BCUT2D eigenvalue weighted by Crippen LogP contribution is 2.27. The molecule has 0 heterocycles. The number of aryl methyl sites for hydroxylation is 2. The van der Waals surface area contributed by atoms with Gasteiger partial charge in [0.2, 0.25) is 0 Å². The topological polar surface area (TPSA) is 0 Å². The second-order valence-corrected chi connectivity index (χ2v) is 5.03. The molecule has 0 spiro atoms. The second-order valence-electron chi connectivity index (χ2n) is 5.03. The Bertz CT molecular complexity index is 626. The molecule has 0 amide bonds. The SMILES string of the molecule is Fc1c(F)c2c(F)c(c1F)CCc1cccc(c1)CC2. The minimum absolute atomic E-state index is 0.0192. The lowest BCUT2D eigenvalue weighted by atomic mass is 9.93. The monoisotopic (exact) mass is 280 g/mol. The van der Waals surface area contributed by atoms with Crippen LogP contribution in [-0.4, -0.2) is 0 Å². The van der Waals surface area contributed by atoms with E-state index in [2.05, 4.69) is 0 Å². The molecule has 20 heavy (non-hydrogen) atoms. The highest BCUT2D eigenvalue weighted by Gasteiger charge is 2.25. The normalized spacial score (nSPS) is 14.2. The molecule has 3 rings (SSSR count). The molecule has 0 atom stereocenters. The molecular formula is C16H12F4. The molecule has 0 unspecified atom stereocenters. The van der Waals surface area contributed by atoms with Gasteiger partial charge >= 0.3 is 0 Å². The predicted octanol–water partition coefficient (Wildman–Crippen LogP) is 4.13. The summed E-state index contributed by atoms with van der Waals surface area (Å²) in [5.41, 5.74) is 1.17. The Labute approximate surface area is 114 Å². The molecule has 0 saturated carbocycles. The van der Waals surface area contributed by atoms with Gasteiger partial charge in [0.15, 0.2) is 17.5 Å². The fourth-order valence-electron chi connectivity index (χ4n) is 2.65. The molecule has 0 aliphatic heterocycles. The van der Waals surface area contributed by atoms with Crippen molar-refractivity contribution >= 4 is 0 Å². The molecule has 0 saturated heterocycles. The van der Waals surface area contributed by atoms with Crippen molar-refractivity contribution in [1.29, 1.82) is 0 Å². The summed E-state index contributed by atoms with van der Waals surface area (Å²) in [4.78, 5) is 0. The van der Waals surface area contributed by atoms with E-state index in [0.717, 1.165) is 11.1 Å². The Balaban J connectivity index is 2.15. The minimum Gasteiger partial charge on any atom is -0.206 e. The summed E-state index contributed by atoms with van der Waals surface area (Å²) in [6.45, 7) is 0. The first-order valence-corrected chi connectivity index (χ1v) is 6.49. The first-order chi connectivity index (χ1) is 9.58. The van der Waals surface area contributed by atoms with Crippen LogP contribution in [0.4, 0.5) is 17.6 Å². The van der Waals surface area contributed by atoms with Gasteiger partial charge in [-0.25, -0.2) is 17.6 Å². The summed E-state index contributed by atoms with van der Waals surface area (Å²) in [7, 11) is 0. The zero-order valence-corrected chi connectivity index (χ0v) is 10.6. The van der Waals surface area contributed by atoms with E-state index in [4.69, 9.17) is 0 Å². The van der Waals surface area contributed by atoms with Gasteiger partial charge in [-0.3, -0.25) is 0 Å². The van der Waals surface area contributed by atoms with E-state index in [1.165, 1.54) is 0 Å². The summed E-state index contributed by atoms with van der Waals surface area (Å²) in [5, 5.41) is 0. The van der Waals surface area contributed by atoms with Crippen LogP contribution in [0.2, 0.25) is 0 Å². The Hall–Kier alpha value is -1.84. The van der Waals surface area contributed by atoms with Crippen molar-refractivity contribution in [3.63, 3.8) is 0 Å². The Kier molecular flexibility index (Phi) is 3.24. The Morgan fingerprint density at radius 3 is 1.60 bits per heavy atom. The van der Waals surface area contributed by atoms with Crippen molar-refractivity contribution in [3.8, 4) is 0 Å². The highest BCUT2D eigenvalue weighted by atomic mass is 19.2. The summed E-state index contributed by atoms with van der Waals surface area (Å²) >= 11 is 0. The van der Waals surface area contributed by atoms with Crippen LogP contribution in [0.5, 0.6) is 0 Å². The summed E-state index contributed by atoms with van der Waals surface area (Å²) in [6.07, 6.45) is 0.828. The second kappa shape index (κ2) is 4.93. The zero-order valence-electron chi connectivity index (χ0n) is 10.6. The number of hydrogen-bond donors (Lipinski definition) is 0. The van der Waals surface area contributed by atoms with Crippen LogP contribution >= 0.6 is 0 Å². The lowest BCUT2D eigenvalue weighted by molar-refractivity contribution is 0.414. The maximum atomic E-state index is 14.2. The summed E-state index contributed by atoms with van der Waals surface area (Å²) < 4.78 is 55.1. The Morgan fingerprint density at radius 2 is 1.10 bits per heavy atom. The van der Waals surface area contributed by atoms with Gasteiger partial charge in [0, 0.05) is 11.1 Å². The molecule has 4 bridgehead atoms. The fraction of sp³-hybridized carbons (Fsp3) is 0.250. The van der Waals surface area contributed by atoms with Crippen LogP contribution in [0.3, 0.4) is 0 Å². The van der Waals surface area contributed by atoms with Crippen LogP contribution in [0.15, 0.2) is 24.3 Å². The summed E-state index contributed by atoms with van der Waals surface area (Å²) in [5.74, 6) is -5.31. The van der Waals surface area contributed by atoms with Crippen LogP contribution < -0.4 is 0 Å². The molecule has 4 heteroatoms. The molecule has 0 N–H and O–H groups in total. The Morgan fingerprint density at radius 1 is 0.600 bits per heavy atom. The van der Waals surface area contributed by atoms with E-state index in [1.807, 2.05) is 24.3 Å². The van der Waals surface area contributed by atoms with Gasteiger partial charge in [-0.05, 0) is 36.8 Å². The maximum Gasteiger partial charge on any atom is 0.195 e. The highest BCUT2D eigenvalue weighted by molar-refractivity contribution is 5.34. The molecule has 2 aromatic rings. The molecule has 0 fully saturated rings. The van der Waals surface area contributed by atoms with Gasteiger partial charge in [-0.15, -0.1) is 0 Å². The number of benzene rings is 2. The van der Waals surface area contributed by atoms with Crippen LogP contribution in [0.25, 0.3) is 0 Å². The van der Waals surface area contributed by atoms with Crippen LogP contribution in [-0.2, 0) is 25.7 Å². The number of rotatable bonds is 0. The quantitative estimate of drug-likeness (QED) is 0.387. The molecule has 1 aliphatic carbocycles. The van der Waals surface area contributed by atoms with Crippen LogP contribution in [0, 0.1) is 23.3 Å². The van der Waals surface area contributed by atoms with Crippen LogP contribution in [0.1, 0.15) is 22.3 Å². The third-order valence-corrected chi connectivity index (χ3v) is 3.76. The van der Waals surface area contributed by atoms with E-state index < -0.39 is 23.3 Å². The third-order valence-electron chi connectivity index (χ3n) is 3.76. The van der Waals surface area contributed by atoms with E-state index in [-0.39, 0.29) is 24.0 Å². The van der Waals surface area contributed by atoms with Crippen molar-refractivity contribution in [2.45, 2.75) is 25.7 Å². The lowest BCUT2D eigenvalue weighted by Gasteiger charge is -2.15. The molecular weight excluding hydrogens is 268 g/mol. The predicted molar refractivity (Wildman–Crippen MR) is 67.5 cm³/mol. The number of fused-ring (bicyclic) bond motifs is 4. The van der Waals surface area contributed by atoms with Crippen molar-refractivity contribution < 1.29 is 17.6 Å². The van der Waals surface area contributed by atoms with Gasteiger partial charge in [-0.1, -0.05) is 24.3 Å². The molecule has 0 radical (unpaired) electrons. The van der Waals surface area contributed by atoms with Gasteiger partial charge in [0.1, 0.15) is 5.82 Å². The smallest absolute Gasteiger partial charge is 0.195 e. The van der Waals surface area contributed by atoms with E-state index in [9.17, 15) is 17.6 Å². The third kappa shape index (κ3) is 2.09. The number of halogens is 4. The van der Waals surface area contributed by atoms with Crippen molar-refractivity contribution in [2.75, 3.05) is 0 Å². The van der Waals surface area contributed by atoms with E-state index >= 15 is 0 Å². The average molecular weight is 280 g/mol. The first-order valence-electron chi connectivity index (χ1n) is 6.49. The lowest BCUT2D eigenvalue weighted by Crippen LogP contribution is -2.12. The molecule has 104 valence electrons. The minimum atomic E-state index is -1.57. The molecule has 2 aromatic carbocycles. The average Bonchev–Trinajstić information content (AvgIpc) is 2.45. The molecule has 1 aliphatic rings. The van der Waals surface area contributed by atoms with Gasteiger partial charge in [0.05, 0.1) is 0 Å². The van der Waals surface area contributed by atoms with Gasteiger partial charge in [-0.2, -0.15) is 0 Å².